The highest BCUT2D eigenvalue weighted by Gasteiger charge is 2.12. The van der Waals surface area contributed by atoms with Crippen LogP contribution in [0.5, 0.6) is 0 Å². The molecule has 0 heterocycles. The summed E-state index contributed by atoms with van der Waals surface area (Å²) in [4.78, 5) is 0. The highest BCUT2D eigenvalue weighted by atomic mass is 16.3. The number of aliphatic hydroxyl groups is 1. The summed E-state index contributed by atoms with van der Waals surface area (Å²) in [6.45, 7) is 6.15. The highest BCUT2D eigenvalue weighted by molar-refractivity contribution is 5.71. The summed E-state index contributed by atoms with van der Waals surface area (Å²) >= 11 is 0. The van der Waals surface area contributed by atoms with Gasteiger partial charge in [0.2, 0.25) is 0 Å². The molecular weight excluding hydrogens is 256 g/mol. The summed E-state index contributed by atoms with van der Waals surface area (Å²) in [7, 11) is 0. The van der Waals surface area contributed by atoms with Gasteiger partial charge < -0.3 is 5.11 Å². The van der Waals surface area contributed by atoms with Gasteiger partial charge in [0.25, 0.3) is 0 Å². The first-order chi connectivity index (χ1) is 10.1. The van der Waals surface area contributed by atoms with Crippen molar-refractivity contribution in [2.75, 3.05) is 0 Å². The fourth-order valence-electron chi connectivity index (χ4n) is 2.84. The molecule has 1 unspecified atom stereocenters. The van der Waals surface area contributed by atoms with E-state index in [1.165, 1.54) is 41.5 Å². The Morgan fingerprint density at radius 1 is 1.00 bits per heavy atom. The molecular formula is C20H26O. The first-order valence-electron chi connectivity index (χ1n) is 8.00. The average molecular weight is 282 g/mol. The Morgan fingerprint density at radius 3 is 2.48 bits per heavy atom. The van der Waals surface area contributed by atoms with Crippen LogP contribution < -0.4 is 0 Å². The number of unbranched alkanes of at least 4 members (excludes halogenated alkanes) is 2. The smallest absolute Gasteiger partial charge is 0.0768 e. The maximum absolute atomic E-state index is 10.1. The Morgan fingerprint density at radius 2 is 1.76 bits per heavy atom. The van der Waals surface area contributed by atoms with E-state index in [9.17, 15) is 5.11 Å². The molecule has 2 aromatic carbocycles. The third-order valence-corrected chi connectivity index (χ3v) is 4.01. The van der Waals surface area contributed by atoms with Crippen molar-refractivity contribution in [1.29, 1.82) is 0 Å². The summed E-state index contributed by atoms with van der Waals surface area (Å²) in [6.07, 6.45) is 4.40. The van der Waals surface area contributed by atoms with Gasteiger partial charge in [-0.3, -0.25) is 0 Å². The molecule has 0 fully saturated rings. The lowest BCUT2D eigenvalue weighted by Crippen LogP contribution is -1.98. The minimum absolute atomic E-state index is 0.441. The third kappa shape index (κ3) is 3.95. The molecule has 2 rings (SSSR count). The summed E-state index contributed by atoms with van der Waals surface area (Å²) in [6, 6.07) is 15.0. The normalized spacial score (nSPS) is 12.4. The molecule has 0 aliphatic carbocycles. The zero-order valence-corrected chi connectivity index (χ0v) is 13.4. The second-order valence-corrected chi connectivity index (χ2v) is 5.88. The van der Waals surface area contributed by atoms with Gasteiger partial charge in [-0.1, -0.05) is 67.8 Å². The minimum atomic E-state index is -0.441. The lowest BCUT2D eigenvalue weighted by molar-refractivity contribution is 0.200. The SMILES string of the molecule is CCCCCc1ccccc1-c1ccc(C)cc1C(C)O. The number of aliphatic hydroxyl groups excluding tert-OH is 1. The van der Waals surface area contributed by atoms with Crippen LogP contribution in [0.3, 0.4) is 0 Å². The summed E-state index contributed by atoms with van der Waals surface area (Å²) in [5.41, 5.74) is 6.04. The second-order valence-electron chi connectivity index (χ2n) is 5.88. The predicted octanol–water partition coefficient (Wildman–Crippen LogP) is 5.45. The van der Waals surface area contributed by atoms with Crippen LogP contribution in [0.25, 0.3) is 11.1 Å². The molecule has 0 aliphatic heterocycles. The van der Waals surface area contributed by atoms with E-state index in [0.29, 0.717) is 0 Å². The first-order valence-corrected chi connectivity index (χ1v) is 8.00. The van der Waals surface area contributed by atoms with E-state index in [2.05, 4.69) is 56.3 Å². The molecule has 0 aromatic heterocycles. The van der Waals surface area contributed by atoms with Gasteiger partial charge in [-0.25, -0.2) is 0 Å². The van der Waals surface area contributed by atoms with Crippen LogP contribution in [-0.2, 0) is 6.42 Å². The molecule has 1 nitrogen and oxygen atoms in total. The first kappa shape index (κ1) is 15.8. The molecule has 0 amide bonds. The Bertz CT molecular complexity index is 584. The summed E-state index contributed by atoms with van der Waals surface area (Å²) in [5.74, 6) is 0. The van der Waals surface area contributed by atoms with Gasteiger partial charge in [0.15, 0.2) is 0 Å². The van der Waals surface area contributed by atoms with E-state index in [1.807, 2.05) is 6.92 Å². The number of rotatable bonds is 6. The lowest BCUT2D eigenvalue weighted by Gasteiger charge is -2.16. The monoisotopic (exact) mass is 282 g/mol. The van der Waals surface area contributed by atoms with Gasteiger partial charge in [0.1, 0.15) is 0 Å². The average Bonchev–Trinajstić information content (AvgIpc) is 2.48. The summed E-state index contributed by atoms with van der Waals surface area (Å²) < 4.78 is 0. The molecule has 0 bridgehead atoms. The minimum Gasteiger partial charge on any atom is -0.389 e. The number of benzene rings is 2. The van der Waals surface area contributed by atoms with E-state index in [4.69, 9.17) is 0 Å². The largest absolute Gasteiger partial charge is 0.389 e. The van der Waals surface area contributed by atoms with Gasteiger partial charge in [-0.2, -0.15) is 0 Å². The maximum Gasteiger partial charge on any atom is 0.0768 e. The van der Waals surface area contributed by atoms with Crippen LogP contribution in [0.2, 0.25) is 0 Å². The third-order valence-electron chi connectivity index (χ3n) is 4.01. The van der Waals surface area contributed by atoms with Crippen LogP contribution in [-0.4, -0.2) is 5.11 Å². The Hall–Kier alpha value is -1.60. The second kappa shape index (κ2) is 7.42. The molecule has 0 spiro atoms. The van der Waals surface area contributed by atoms with Gasteiger partial charge >= 0.3 is 0 Å². The van der Waals surface area contributed by atoms with Crippen molar-refractivity contribution in [3.8, 4) is 11.1 Å². The van der Waals surface area contributed by atoms with Crippen LogP contribution in [0.4, 0.5) is 0 Å². The number of aryl methyl sites for hydroxylation is 2. The molecule has 1 heteroatoms. The molecule has 112 valence electrons. The standard InChI is InChI=1S/C20H26O/c1-4-5-6-9-17-10-7-8-11-18(17)19-13-12-15(2)14-20(19)16(3)21/h7-8,10-14,16,21H,4-6,9H2,1-3H3. The number of hydrogen-bond donors (Lipinski definition) is 1. The zero-order chi connectivity index (χ0) is 15.2. The van der Waals surface area contributed by atoms with Gasteiger partial charge in [-0.05, 0) is 48.9 Å². The van der Waals surface area contributed by atoms with Crippen LogP contribution >= 0.6 is 0 Å². The van der Waals surface area contributed by atoms with Gasteiger partial charge in [-0.15, -0.1) is 0 Å². The van der Waals surface area contributed by atoms with E-state index < -0.39 is 6.10 Å². The Kier molecular flexibility index (Phi) is 5.58. The van der Waals surface area contributed by atoms with Crippen molar-refractivity contribution in [3.05, 3.63) is 59.2 Å². The predicted molar refractivity (Wildman–Crippen MR) is 90.5 cm³/mol. The summed E-state index contributed by atoms with van der Waals surface area (Å²) in [5, 5.41) is 10.1. The molecule has 0 aliphatic rings. The molecule has 1 atom stereocenters. The fourth-order valence-corrected chi connectivity index (χ4v) is 2.84. The van der Waals surface area contributed by atoms with Crippen molar-refractivity contribution >= 4 is 0 Å². The van der Waals surface area contributed by atoms with Crippen molar-refractivity contribution in [3.63, 3.8) is 0 Å². The van der Waals surface area contributed by atoms with E-state index in [0.717, 1.165) is 12.0 Å². The van der Waals surface area contributed by atoms with Crippen LogP contribution in [0.1, 0.15) is 55.9 Å². The van der Waals surface area contributed by atoms with E-state index in [1.54, 1.807) is 0 Å². The molecule has 0 saturated heterocycles. The number of hydrogen-bond acceptors (Lipinski definition) is 1. The van der Waals surface area contributed by atoms with Crippen molar-refractivity contribution < 1.29 is 5.11 Å². The fraction of sp³-hybridized carbons (Fsp3) is 0.400. The zero-order valence-electron chi connectivity index (χ0n) is 13.4. The van der Waals surface area contributed by atoms with E-state index in [-0.39, 0.29) is 0 Å². The Balaban J connectivity index is 2.42. The van der Waals surface area contributed by atoms with Crippen LogP contribution in [0, 0.1) is 6.92 Å². The van der Waals surface area contributed by atoms with Crippen molar-refractivity contribution in [2.24, 2.45) is 0 Å². The van der Waals surface area contributed by atoms with Gasteiger partial charge in [0, 0.05) is 0 Å². The quantitative estimate of drug-likeness (QED) is 0.699. The highest BCUT2D eigenvalue weighted by Crippen LogP contribution is 2.32. The Labute approximate surface area is 128 Å². The molecule has 0 radical (unpaired) electrons. The molecule has 1 N–H and O–H groups in total. The van der Waals surface area contributed by atoms with Crippen molar-refractivity contribution in [2.45, 2.75) is 52.6 Å². The molecule has 21 heavy (non-hydrogen) atoms. The molecule has 0 saturated carbocycles. The topological polar surface area (TPSA) is 20.2 Å². The molecule has 2 aromatic rings. The van der Waals surface area contributed by atoms with Crippen molar-refractivity contribution in [1.82, 2.24) is 0 Å². The van der Waals surface area contributed by atoms with Gasteiger partial charge in [0.05, 0.1) is 6.10 Å². The lowest BCUT2D eigenvalue weighted by atomic mass is 9.90. The maximum atomic E-state index is 10.1. The van der Waals surface area contributed by atoms with Crippen LogP contribution in [0.15, 0.2) is 42.5 Å². The van der Waals surface area contributed by atoms with E-state index >= 15 is 0 Å².